The zero-order chi connectivity index (χ0) is 24.5. The van der Waals surface area contributed by atoms with Crippen LogP contribution in [0.25, 0.3) is 16.4 Å². The van der Waals surface area contributed by atoms with Gasteiger partial charge in [0, 0.05) is 10.9 Å². The Morgan fingerprint density at radius 1 is 1.09 bits per heavy atom. The SMILES string of the molecule is NC(=O)N(NC(=O)c1csc(-n2nc(-c3cccc(O)c3)cc2C(F)(F)F)n1)c1ccccc1. The summed E-state index contributed by atoms with van der Waals surface area (Å²) in [4.78, 5) is 28.4. The molecule has 4 rings (SSSR count). The Kier molecular flexibility index (Phi) is 5.94. The smallest absolute Gasteiger partial charge is 0.433 e. The third kappa shape index (κ3) is 4.68. The molecule has 3 amide bonds. The Hall–Kier alpha value is -4.39. The molecule has 0 aliphatic heterocycles. The number of phenolic OH excluding ortho intramolecular Hbond substituents is 1. The molecule has 0 aliphatic carbocycles. The average Bonchev–Trinajstić information content (AvgIpc) is 3.45. The summed E-state index contributed by atoms with van der Waals surface area (Å²) in [6, 6.07) is 13.5. The molecule has 0 radical (unpaired) electrons. The van der Waals surface area contributed by atoms with E-state index in [1.165, 1.54) is 41.8 Å². The van der Waals surface area contributed by atoms with Crippen molar-refractivity contribution >= 4 is 29.0 Å². The van der Waals surface area contributed by atoms with Gasteiger partial charge < -0.3 is 10.8 Å². The number of nitrogens with one attached hydrogen (secondary N) is 1. The number of primary amides is 1. The Morgan fingerprint density at radius 2 is 1.82 bits per heavy atom. The number of thiazole rings is 1. The van der Waals surface area contributed by atoms with Gasteiger partial charge in [-0.1, -0.05) is 30.3 Å². The first-order chi connectivity index (χ1) is 16.1. The number of para-hydroxylation sites is 1. The van der Waals surface area contributed by atoms with Crippen LogP contribution in [0.4, 0.5) is 23.7 Å². The van der Waals surface area contributed by atoms with E-state index >= 15 is 0 Å². The Morgan fingerprint density at radius 3 is 2.47 bits per heavy atom. The van der Waals surface area contributed by atoms with E-state index in [0.29, 0.717) is 4.68 Å². The summed E-state index contributed by atoms with van der Waals surface area (Å²) in [5, 5.41) is 15.4. The number of phenols is 1. The highest BCUT2D eigenvalue weighted by Crippen LogP contribution is 2.35. The number of halogens is 3. The maximum Gasteiger partial charge on any atom is 0.433 e. The van der Waals surface area contributed by atoms with Gasteiger partial charge in [0.2, 0.25) is 5.13 Å². The number of rotatable bonds is 4. The number of nitrogens with zero attached hydrogens (tertiary/aromatic N) is 4. The largest absolute Gasteiger partial charge is 0.508 e. The standard InChI is InChI=1S/C21H15F3N6O3S/c22-21(23,24)17-10-15(12-5-4-8-14(31)9-12)27-30(17)20-26-16(11-34-20)18(32)28-29(19(25)33)13-6-2-1-3-7-13/h1-11,31H,(H2,25,33)(H,28,32). The van der Waals surface area contributed by atoms with E-state index < -0.39 is 23.8 Å². The number of alkyl halides is 3. The summed E-state index contributed by atoms with van der Waals surface area (Å²) in [5.74, 6) is -0.995. The third-order valence-electron chi connectivity index (χ3n) is 4.50. The van der Waals surface area contributed by atoms with E-state index in [4.69, 9.17) is 5.73 Å². The minimum absolute atomic E-state index is 0.0478. The van der Waals surface area contributed by atoms with Gasteiger partial charge in [-0.3, -0.25) is 10.2 Å². The van der Waals surface area contributed by atoms with Gasteiger partial charge in [0.25, 0.3) is 5.91 Å². The zero-order valence-corrected chi connectivity index (χ0v) is 17.8. The van der Waals surface area contributed by atoms with Gasteiger partial charge in [0.05, 0.1) is 11.4 Å². The van der Waals surface area contributed by atoms with Crippen molar-refractivity contribution in [3.63, 3.8) is 0 Å². The van der Waals surface area contributed by atoms with Crippen molar-refractivity contribution in [3.8, 4) is 22.1 Å². The summed E-state index contributed by atoms with van der Waals surface area (Å²) in [6.07, 6.45) is -4.77. The lowest BCUT2D eigenvalue weighted by molar-refractivity contribution is -0.142. The second-order valence-electron chi connectivity index (χ2n) is 6.84. The predicted molar refractivity (Wildman–Crippen MR) is 117 cm³/mol. The molecule has 0 saturated heterocycles. The normalized spacial score (nSPS) is 11.3. The number of benzene rings is 2. The lowest BCUT2D eigenvalue weighted by atomic mass is 10.1. The molecule has 2 aromatic heterocycles. The summed E-state index contributed by atoms with van der Waals surface area (Å²) < 4.78 is 41.6. The van der Waals surface area contributed by atoms with Crippen LogP contribution in [0.3, 0.4) is 0 Å². The quantitative estimate of drug-likeness (QED) is 0.375. The van der Waals surface area contributed by atoms with Crippen LogP contribution in [-0.2, 0) is 6.18 Å². The first-order valence-corrected chi connectivity index (χ1v) is 10.4. The molecule has 34 heavy (non-hydrogen) atoms. The second-order valence-corrected chi connectivity index (χ2v) is 7.68. The minimum Gasteiger partial charge on any atom is -0.508 e. The first kappa shape index (κ1) is 22.8. The number of amides is 3. The fraction of sp³-hybridized carbons (Fsp3) is 0.0476. The zero-order valence-electron chi connectivity index (χ0n) is 17.0. The average molecular weight is 488 g/mol. The molecule has 13 heteroatoms. The predicted octanol–water partition coefficient (Wildman–Crippen LogP) is 3.95. The van der Waals surface area contributed by atoms with Crippen LogP contribution in [0.5, 0.6) is 5.75 Å². The summed E-state index contributed by atoms with van der Waals surface area (Å²) in [7, 11) is 0. The van der Waals surface area contributed by atoms with Crippen molar-refractivity contribution in [1.29, 1.82) is 0 Å². The molecule has 0 bridgehead atoms. The van der Waals surface area contributed by atoms with Gasteiger partial charge in [0.15, 0.2) is 5.69 Å². The molecule has 9 nitrogen and oxygen atoms in total. The van der Waals surface area contributed by atoms with Crippen molar-refractivity contribution in [2.75, 3.05) is 5.01 Å². The number of carbonyl (C=O) groups excluding carboxylic acids is 2. The number of aromatic nitrogens is 3. The number of hydrogen-bond acceptors (Lipinski definition) is 6. The van der Waals surface area contributed by atoms with Crippen LogP contribution in [0, 0.1) is 0 Å². The van der Waals surface area contributed by atoms with E-state index in [1.54, 1.807) is 18.2 Å². The van der Waals surface area contributed by atoms with E-state index in [0.717, 1.165) is 22.4 Å². The summed E-state index contributed by atoms with van der Waals surface area (Å²) >= 11 is 0.749. The Bertz CT molecular complexity index is 1350. The Labute approximate surface area is 193 Å². The van der Waals surface area contributed by atoms with Crippen LogP contribution in [0.15, 0.2) is 66.0 Å². The fourth-order valence-corrected chi connectivity index (χ4v) is 3.75. The number of hydrogen-bond donors (Lipinski definition) is 3. The molecular weight excluding hydrogens is 473 g/mol. The van der Waals surface area contributed by atoms with Crippen LogP contribution < -0.4 is 16.2 Å². The molecule has 4 N–H and O–H groups in total. The maximum atomic E-state index is 13.7. The molecule has 0 unspecified atom stereocenters. The van der Waals surface area contributed by atoms with E-state index in [9.17, 15) is 27.9 Å². The number of aromatic hydroxyl groups is 1. The lowest BCUT2D eigenvalue weighted by Crippen LogP contribution is -2.49. The van der Waals surface area contributed by atoms with Crippen molar-refractivity contribution < 1.29 is 27.9 Å². The minimum atomic E-state index is -4.77. The van der Waals surface area contributed by atoms with E-state index in [1.807, 2.05) is 0 Å². The molecular formula is C21H15F3N6O3S. The van der Waals surface area contributed by atoms with Crippen LogP contribution in [0.2, 0.25) is 0 Å². The molecule has 0 spiro atoms. The maximum absolute atomic E-state index is 13.7. The topological polar surface area (TPSA) is 126 Å². The van der Waals surface area contributed by atoms with Gasteiger partial charge in [-0.15, -0.1) is 11.3 Å². The third-order valence-corrected chi connectivity index (χ3v) is 5.31. The van der Waals surface area contributed by atoms with Gasteiger partial charge >= 0.3 is 12.2 Å². The molecule has 2 aromatic carbocycles. The van der Waals surface area contributed by atoms with E-state index in [2.05, 4.69) is 15.5 Å². The van der Waals surface area contributed by atoms with Crippen LogP contribution in [0.1, 0.15) is 16.2 Å². The molecule has 174 valence electrons. The summed E-state index contributed by atoms with van der Waals surface area (Å²) in [6.45, 7) is 0. The van der Waals surface area contributed by atoms with Crippen molar-refractivity contribution in [1.82, 2.24) is 20.2 Å². The molecule has 2 heterocycles. The summed E-state index contributed by atoms with van der Waals surface area (Å²) in [5.41, 5.74) is 6.74. The highest BCUT2D eigenvalue weighted by Gasteiger charge is 2.37. The second kappa shape index (κ2) is 8.86. The van der Waals surface area contributed by atoms with Crippen molar-refractivity contribution in [2.24, 2.45) is 5.73 Å². The fourth-order valence-electron chi connectivity index (χ4n) is 2.98. The van der Waals surface area contributed by atoms with Gasteiger partial charge in [-0.2, -0.15) is 18.3 Å². The molecule has 0 fully saturated rings. The van der Waals surface area contributed by atoms with Crippen LogP contribution >= 0.6 is 11.3 Å². The van der Waals surface area contributed by atoms with Crippen molar-refractivity contribution in [2.45, 2.75) is 6.18 Å². The monoisotopic (exact) mass is 488 g/mol. The highest BCUT2D eigenvalue weighted by atomic mass is 32.1. The number of urea groups is 1. The highest BCUT2D eigenvalue weighted by molar-refractivity contribution is 7.12. The van der Waals surface area contributed by atoms with E-state index in [-0.39, 0.29) is 33.5 Å². The number of carbonyl (C=O) groups is 2. The molecule has 0 atom stereocenters. The van der Waals surface area contributed by atoms with Crippen LogP contribution in [-0.4, -0.2) is 31.8 Å². The number of anilines is 1. The van der Waals surface area contributed by atoms with Gasteiger partial charge in [0.1, 0.15) is 11.4 Å². The van der Waals surface area contributed by atoms with Gasteiger partial charge in [-0.25, -0.2) is 19.5 Å². The molecule has 0 aliphatic rings. The lowest BCUT2D eigenvalue weighted by Gasteiger charge is -2.20. The number of nitrogens with two attached hydrogens (primary N) is 1. The number of hydrazine groups is 1. The molecule has 4 aromatic rings. The Balaban J connectivity index is 1.66. The van der Waals surface area contributed by atoms with Crippen molar-refractivity contribution in [3.05, 3.63) is 77.4 Å². The first-order valence-electron chi connectivity index (χ1n) is 9.51. The van der Waals surface area contributed by atoms with Gasteiger partial charge in [-0.05, 0) is 30.3 Å². The molecule has 0 saturated carbocycles.